The molecule has 8 heteroatoms. The normalized spacial score (nSPS) is 15.4. The molecule has 2 aromatic carbocycles. The Labute approximate surface area is 176 Å². The molecule has 1 saturated heterocycles. The number of amides is 3. The summed E-state index contributed by atoms with van der Waals surface area (Å²) in [5.74, 6) is -0.595. The van der Waals surface area contributed by atoms with E-state index in [2.05, 4.69) is 5.32 Å². The smallest absolute Gasteiger partial charge is 0.293 e. The fourth-order valence-electron chi connectivity index (χ4n) is 2.59. The van der Waals surface area contributed by atoms with Crippen LogP contribution in [0.4, 0.5) is 4.79 Å². The topological polar surface area (TPSA) is 66.5 Å². The van der Waals surface area contributed by atoms with E-state index in [-0.39, 0.29) is 36.6 Å². The fourth-order valence-corrected chi connectivity index (χ4v) is 3.78. The number of benzene rings is 2. The molecule has 1 aliphatic rings. The van der Waals surface area contributed by atoms with Crippen molar-refractivity contribution in [2.24, 2.45) is 0 Å². The maximum Gasteiger partial charge on any atom is 0.293 e. The van der Waals surface area contributed by atoms with Crippen molar-refractivity contribution in [3.63, 3.8) is 0 Å². The average molecular weight is 435 g/mol. The van der Waals surface area contributed by atoms with Crippen molar-refractivity contribution < 1.29 is 14.4 Å². The number of nitrogens with one attached hydrogen (secondary N) is 1. The van der Waals surface area contributed by atoms with Gasteiger partial charge in [-0.15, -0.1) is 0 Å². The molecule has 0 atom stereocenters. The predicted octanol–water partition coefficient (Wildman–Crippen LogP) is 4.39. The summed E-state index contributed by atoms with van der Waals surface area (Å²) in [6.07, 6.45) is 1.79. The van der Waals surface area contributed by atoms with Gasteiger partial charge in [0.1, 0.15) is 0 Å². The van der Waals surface area contributed by atoms with Gasteiger partial charge < -0.3 is 5.32 Å². The summed E-state index contributed by atoms with van der Waals surface area (Å²) in [5, 5.41) is 3.47. The maximum atomic E-state index is 12.5. The molecule has 1 N–H and O–H groups in total. The van der Waals surface area contributed by atoms with Gasteiger partial charge in [-0.1, -0.05) is 53.5 Å². The van der Waals surface area contributed by atoms with Crippen LogP contribution in [-0.2, 0) is 16.0 Å². The number of hydrogen-bond donors (Lipinski definition) is 1. The SMILES string of the molecule is O=C(Cc1ccccc1Cl)NCCN1C(=O)S/C(=C\c2ccc(Cl)cc2)C1=O. The van der Waals surface area contributed by atoms with Crippen molar-refractivity contribution >= 4 is 58.1 Å². The predicted molar refractivity (Wildman–Crippen MR) is 112 cm³/mol. The van der Waals surface area contributed by atoms with E-state index >= 15 is 0 Å². The fraction of sp³-hybridized carbons (Fsp3) is 0.150. The minimum Gasteiger partial charge on any atom is -0.354 e. The Hall–Kier alpha value is -2.28. The van der Waals surface area contributed by atoms with Crippen molar-refractivity contribution in [2.45, 2.75) is 6.42 Å². The summed E-state index contributed by atoms with van der Waals surface area (Å²) < 4.78 is 0. The van der Waals surface area contributed by atoms with Crippen LogP contribution in [0.3, 0.4) is 0 Å². The molecule has 1 fully saturated rings. The quantitative estimate of drug-likeness (QED) is 0.684. The second kappa shape index (κ2) is 9.28. The zero-order chi connectivity index (χ0) is 20.1. The molecule has 3 amide bonds. The Morgan fingerprint density at radius 1 is 1.07 bits per heavy atom. The highest BCUT2D eigenvalue weighted by Crippen LogP contribution is 2.32. The number of carbonyl (C=O) groups excluding carboxylic acids is 3. The van der Waals surface area contributed by atoms with E-state index in [4.69, 9.17) is 23.2 Å². The van der Waals surface area contributed by atoms with Gasteiger partial charge in [-0.3, -0.25) is 19.3 Å². The summed E-state index contributed by atoms with van der Waals surface area (Å²) in [4.78, 5) is 38.1. The van der Waals surface area contributed by atoms with Crippen LogP contribution in [0.15, 0.2) is 53.4 Å². The van der Waals surface area contributed by atoms with Crippen LogP contribution < -0.4 is 5.32 Å². The minimum absolute atomic E-state index is 0.108. The highest BCUT2D eigenvalue weighted by molar-refractivity contribution is 8.18. The number of nitrogens with zero attached hydrogens (tertiary/aromatic N) is 1. The van der Waals surface area contributed by atoms with Crippen molar-refractivity contribution in [3.05, 3.63) is 74.6 Å². The first-order valence-electron chi connectivity index (χ1n) is 8.45. The number of imide groups is 1. The molecule has 5 nitrogen and oxygen atoms in total. The van der Waals surface area contributed by atoms with Crippen molar-refractivity contribution in [3.8, 4) is 0 Å². The van der Waals surface area contributed by atoms with E-state index in [1.54, 1.807) is 48.5 Å². The number of carbonyl (C=O) groups is 3. The summed E-state index contributed by atoms with van der Waals surface area (Å²) in [7, 11) is 0. The molecular weight excluding hydrogens is 419 g/mol. The molecule has 1 aliphatic heterocycles. The standard InChI is InChI=1S/C20H16Cl2N2O3S/c21-15-7-5-13(6-8-15)11-17-19(26)24(20(27)28-17)10-9-23-18(25)12-14-3-1-2-4-16(14)22/h1-8,11H,9-10,12H2,(H,23,25)/b17-11-. The van der Waals surface area contributed by atoms with E-state index in [0.29, 0.717) is 15.0 Å². The zero-order valence-electron chi connectivity index (χ0n) is 14.7. The second-order valence-corrected chi connectivity index (χ2v) is 7.84. The molecule has 0 aliphatic carbocycles. The third kappa shape index (κ3) is 5.16. The molecule has 3 rings (SSSR count). The highest BCUT2D eigenvalue weighted by Gasteiger charge is 2.34. The van der Waals surface area contributed by atoms with Crippen LogP contribution in [0.5, 0.6) is 0 Å². The van der Waals surface area contributed by atoms with Gasteiger partial charge in [-0.25, -0.2) is 0 Å². The van der Waals surface area contributed by atoms with E-state index in [0.717, 1.165) is 27.8 Å². The van der Waals surface area contributed by atoms with Gasteiger partial charge in [0.15, 0.2) is 0 Å². The maximum absolute atomic E-state index is 12.5. The van der Waals surface area contributed by atoms with Gasteiger partial charge in [0, 0.05) is 23.1 Å². The Morgan fingerprint density at radius 2 is 1.79 bits per heavy atom. The number of rotatable bonds is 6. The Balaban J connectivity index is 1.54. The van der Waals surface area contributed by atoms with Gasteiger partial charge in [0.05, 0.1) is 11.3 Å². The number of halogens is 2. The Morgan fingerprint density at radius 3 is 2.50 bits per heavy atom. The van der Waals surface area contributed by atoms with Gasteiger partial charge in [-0.05, 0) is 47.2 Å². The summed E-state index contributed by atoms with van der Waals surface area (Å²) in [6.45, 7) is 0.284. The lowest BCUT2D eigenvalue weighted by Crippen LogP contribution is -2.37. The van der Waals surface area contributed by atoms with Gasteiger partial charge in [0.2, 0.25) is 5.91 Å². The summed E-state index contributed by atoms with van der Waals surface area (Å²) in [5.41, 5.74) is 1.50. The summed E-state index contributed by atoms with van der Waals surface area (Å²) >= 11 is 12.8. The molecule has 0 bridgehead atoms. The first-order valence-corrected chi connectivity index (χ1v) is 10.0. The van der Waals surface area contributed by atoms with E-state index < -0.39 is 0 Å². The van der Waals surface area contributed by atoms with E-state index in [9.17, 15) is 14.4 Å². The van der Waals surface area contributed by atoms with E-state index in [1.807, 2.05) is 6.07 Å². The Bertz CT molecular complexity index is 945. The number of hydrogen-bond acceptors (Lipinski definition) is 4. The lowest BCUT2D eigenvalue weighted by atomic mass is 10.1. The van der Waals surface area contributed by atoms with Crippen LogP contribution in [0.25, 0.3) is 6.08 Å². The molecule has 28 heavy (non-hydrogen) atoms. The molecule has 0 unspecified atom stereocenters. The first-order chi connectivity index (χ1) is 13.4. The van der Waals surface area contributed by atoms with Gasteiger partial charge in [0.25, 0.3) is 11.1 Å². The van der Waals surface area contributed by atoms with Crippen LogP contribution in [0, 0.1) is 0 Å². The van der Waals surface area contributed by atoms with Crippen LogP contribution in [-0.4, -0.2) is 35.0 Å². The number of thioether (sulfide) groups is 1. The minimum atomic E-state index is -0.370. The molecule has 144 valence electrons. The van der Waals surface area contributed by atoms with Crippen LogP contribution in [0.2, 0.25) is 10.0 Å². The van der Waals surface area contributed by atoms with Crippen LogP contribution >= 0.6 is 35.0 Å². The van der Waals surface area contributed by atoms with Crippen LogP contribution in [0.1, 0.15) is 11.1 Å². The van der Waals surface area contributed by atoms with E-state index in [1.165, 1.54) is 0 Å². The monoisotopic (exact) mass is 434 g/mol. The average Bonchev–Trinajstić information content (AvgIpc) is 2.93. The molecule has 2 aromatic rings. The zero-order valence-corrected chi connectivity index (χ0v) is 17.0. The molecule has 0 saturated carbocycles. The molecule has 1 heterocycles. The van der Waals surface area contributed by atoms with Crippen molar-refractivity contribution in [2.75, 3.05) is 13.1 Å². The Kier molecular flexibility index (Phi) is 6.78. The third-order valence-electron chi connectivity index (χ3n) is 4.01. The first kappa shape index (κ1) is 20.5. The second-order valence-electron chi connectivity index (χ2n) is 6.00. The van der Waals surface area contributed by atoms with Crippen molar-refractivity contribution in [1.29, 1.82) is 0 Å². The molecule has 0 radical (unpaired) electrons. The molecule has 0 spiro atoms. The summed E-state index contributed by atoms with van der Waals surface area (Å²) in [6, 6.07) is 14.1. The van der Waals surface area contributed by atoms with Crippen molar-refractivity contribution in [1.82, 2.24) is 10.2 Å². The molecular formula is C20H16Cl2N2O3S. The lowest BCUT2D eigenvalue weighted by molar-refractivity contribution is -0.124. The lowest BCUT2D eigenvalue weighted by Gasteiger charge is -2.13. The largest absolute Gasteiger partial charge is 0.354 e. The van der Waals surface area contributed by atoms with Gasteiger partial charge in [-0.2, -0.15) is 0 Å². The highest BCUT2D eigenvalue weighted by atomic mass is 35.5. The third-order valence-corrected chi connectivity index (χ3v) is 5.54. The van der Waals surface area contributed by atoms with Gasteiger partial charge >= 0.3 is 0 Å². The molecule has 0 aromatic heterocycles.